The standard InChI is InChI=1S/C19H17ClN4O2S/c1-24(2)19(26)27-17-9-4-3-8-14(17)21-18(25)16-11-15(22-23-16)12-6-5-7-13(20)10-12/h3-11H,1-2H3,(H,21,25)(H,22,23). The zero-order valence-corrected chi connectivity index (χ0v) is 16.3. The first-order chi connectivity index (χ1) is 12.9. The molecule has 8 heteroatoms. The number of aromatic nitrogens is 2. The highest BCUT2D eigenvalue weighted by molar-refractivity contribution is 8.13. The number of carbonyl (C=O) groups excluding carboxylic acids is 2. The van der Waals surface area contributed by atoms with Gasteiger partial charge in [0.25, 0.3) is 11.1 Å². The van der Waals surface area contributed by atoms with Gasteiger partial charge in [-0.25, -0.2) is 0 Å². The number of aromatic amines is 1. The molecular formula is C19H17ClN4O2S. The number of H-pyrrole nitrogens is 1. The second-order valence-corrected chi connectivity index (χ2v) is 7.32. The van der Waals surface area contributed by atoms with E-state index in [1.807, 2.05) is 18.2 Å². The zero-order chi connectivity index (χ0) is 19.4. The minimum absolute atomic E-state index is 0.124. The Morgan fingerprint density at radius 2 is 1.89 bits per heavy atom. The lowest BCUT2D eigenvalue weighted by Gasteiger charge is -2.12. The van der Waals surface area contributed by atoms with Gasteiger partial charge in [-0.2, -0.15) is 5.10 Å². The van der Waals surface area contributed by atoms with Crippen molar-refractivity contribution in [3.05, 3.63) is 65.3 Å². The summed E-state index contributed by atoms with van der Waals surface area (Å²) in [5.41, 5.74) is 2.30. The van der Waals surface area contributed by atoms with Crippen LogP contribution >= 0.6 is 23.4 Å². The number of halogens is 1. The Hall–Kier alpha value is -2.77. The molecule has 0 unspecified atom stereocenters. The molecule has 3 rings (SSSR count). The van der Waals surface area contributed by atoms with Gasteiger partial charge in [0.05, 0.1) is 11.4 Å². The zero-order valence-electron chi connectivity index (χ0n) is 14.7. The second kappa shape index (κ2) is 8.28. The van der Waals surface area contributed by atoms with E-state index in [2.05, 4.69) is 15.5 Å². The lowest BCUT2D eigenvalue weighted by atomic mass is 10.1. The molecule has 0 saturated heterocycles. The van der Waals surface area contributed by atoms with Crippen LogP contribution in [0.3, 0.4) is 0 Å². The first-order valence-electron chi connectivity index (χ1n) is 8.05. The van der Waals surface area contributed by atoms with Crippen molar-refractivity contribution in [2.75, 3.05) is 19.4 Å². The van der Waals surface area contributed by atoms with Gasteiger partial charge < -0.3 is 10.2 Å². The summed E-state index contributed by atoms with van der Waals surface area (Å²) in [6.45, 7) is 0. The summed E-state index contributed by atoms with van der Waals surface area (Å²) in [5, 5.41) is 10.2. The van der Waals surface area contributed by atoms with Crippen molar-refractivity contribution >= 4 is 40.2 Å². The average Bonchev–Trinajstić information content (AvgIpc) is 3.13. The first-order valence-corrected chi connectivity index (χ1v) is 9.24. The Bertz CT molecular complexity index is 987. The largest absolute Gasteiger partial charge is 0.339 e. The van der Waals surface area contributed by atoms with Gasteiger partial charge in [-0.05, 0) is 42.1 Å². The number of hydrogen-bond acceptors (Lipinski definition) is 4. The van der Waals surface area contributed by atoms with Gasteiger partial charge in [-0.3, -0.25) is 14.7 Å². The predicted molar refractivity (Wildman–Crippen MR) is 108 cm³/mol. The Morgan fingerprint density at radius 1 is 1.11 bits per heavy atom. The molecule has 0 aliphatic rings. The third-order valence-electron chi connectivity index (χ3n) is 3.64. The monoisotopic (exact) mass is 400 g/mol. The van der Waals surface area contributed by atoms with Gasteiger partial charge in [-0.1, -0.05) is 35.9 Å². The summed E-state index contributed by atoms with van der Waals surface area (Å²) in [4.78, 5) is 26.7. The Balaban J connectivity index is 1.78. The quantitative estimate of drug-likeness (QED) is 0.619. The van der Waals surface area contributed by atoms with E-state index in [9.17, 15) is 9.59 Å². The highest BCUT2D eigenvalue weighted by Crippen LogP contribution is 2.29. The van der Waals surface area contributed by atoms with Crippen LogP contribution in [0.4, 0.5) is 10.5 Å². The van der Waals surface area contributed by atoms with Crippen LogP contribution in [0, 0.1) is 0 Å². The van der Waals surface area contributed by atoms with E-state index in [4.69, 9.17) is 11.6 Å². The van der Waals surface area contributed by atoms with Crippen molar-refractivity contribution in [1.82, 2.24) is 15.1 Å². The molecule has 3 aromatic rings. The molecule has 0 atom stereocenters. The molecule has 2 N–H and O–H groups in total. The molecule has 0 radical (unpaired) electrons. The SMILES string of the molecule is CN(C)C(=O)Sc1ccccc1NC(=O)c1cc(-c2cccc(Cl)c2)n[nH]1. The predicted octanol–water partition coefficient (Wildman–Crippen LogP) is 4.76. The summed E-state index contributed by atoms with van der Waals surface area (Å²) in [7, 11) is 3.36. The summed E-state index contributed by atoms with van der Waals surface area (Å²) in [6.07, 6.45) is 0. The number of nitrogens with one attached hydrogen (secondary N) is 2. The van der Waals surface area contributed by atoms with E-state index in [0.717, 1.165) is 17.3 Å². The number of amides is 2. The molecule has 0 aliphatic carbocycles. The molecule has 0 aliphatic heterocycles. The van der Waals surface area contributed by atoms with Crippen molar-refractivity contribution < 1.29 is 9.59 Å². The Morgan fingerprint density at radius 3 is 2.63 bits per heavy atom. The third kappa shape index (κ3) is 4.69. The molecule has 0 saturated carbocycles. The van der Waals surface area contributed by atoms with Crippen LogP contribution in [0.15, 0.2) is 59.5 Å². The Labute approximate surface area is 165 Å². The summed E-state index contributed by atoms with van der Waals surface area (Å²) < 4.78 is 0. The van der Waals surface area contributed by atoms with Crippen molar-refractivity contribution in [1.29, 1.82) is 0 Å². The molecule has 0 fully saturated rings. The van der Waals surface area contributed by atoms with Crippen molar-refractivity contribution in [3.8, 4) is 11.3 Å². The number of anilines is 1. The molecular weight excluding hydrogens is 384 g/mol. The van der Waals surface area contributed by atoms with Crippen LogP contribution in [0.25, 0.3) is 11.3 Å². The summed E-state index contributed by atoms with van der Waals surface area (Å²) in [5.74, 6) is -0.346. The van der Waals surface area contributed by atoms with Gasteiger partial charge >= 0.3 is 0 Å². The van der Waals surface area contributed by atoms with Crippen LogP contribution in [-0.4, -0.2) is 40.3 Å². The van der Waals surface area contributed by atoms with Crippen LogP contribution in [-0.2, 0) is 0 Å². The highest BCUT2D eigenvalue weighted by atomic mass is 35.5. The van der Waals surface area contributed by atoms with Crippen molar-refractivity contribution in [3.63, 3.8) is 0 Å². The van der Waals surface area contributed by atoms with Crippen LogP contribution in [0.2, 0.25) is 5.02 Å². The number of benzene rings is 2. The molecule has 0 bridgehead atoms. The summed E-state index contributed by atoms with van der Waals surface area (Å²) >= 11 is 7.05. The molecule has 138 valence electrons. The molecule has 2 amide bonds. The molecule has 1 heterocycles. The fourth-order valence-corrected chi connectivity index (χ4v) is 3.20. The molecule has 27 heavy (non-hydrogen) atoms. The van der Waals surface area contributed by atoms with E-state index in [0.29, 0.717) is 27.0 Å². The van der Waals surface area contributed by atoms with Crippen molar-refractivity contribution in [2.24, 2.45) is 0 Å². The average molecular weight is 401 g/mol. The lowest BCUT2D eigenvalue weighted by molar-refractivity contribution is 0.102. The number of hydrogen-bond donors (Lipinski definition) is 2. The molecule has 6 nitrogen and oxygen atoms in total. The maximum Gasteiger partial charge on any atom is 0.286 e. The normalized spacial score (nSPS) is 10.5. The van der Waals surface area contributed by atoms with Gasteiger partial charge in [0.15, 0.2) is 0 Å². The fraction of sp³-hybridized carbons (Fsp3) is 0.105. The van der Waals surface area contributed by atoms with Gasteiger partial charge in [-0.15, -0.1) is 0 Å². The topological polar surface area (TPSA) is 78.1 Å². The fourth-order valence-electron chi connectivity index (χ4n) is 2.27. The smallest absolute Gasteiger partial charge is 0.286 e. The summed E-state index contributed by atoms with van der Waals surface area (Å²) in [6, 6.07) is 16.0. The van der Waals surface area contributed by atoms with Gasteiger partial charge in [0.2, 0.25) is 0 Å². The minimum atomic E-state index is -0.346. The van der Waals surface area contributed by atoms with Gasteiger partial charge in [0, 0.05) is 29.6 Å². The van der Waals surface area contributed by atoms with Crippen molar-refractivity contribution in [2.45, 2.75) is 4.90 Å². The van der Waals surface area contributed by atoms with E-state index in [1.165, 1.54) is 4.90 Å². The molecule has 0 spiro atoms. The van der Waals surface area contributed by atoms with Crippen LogP contribution < -0.4 is 5.32 Å². The van der Waals surface area contributed by atoms with E-state index in [-0.39, 0.29) is 11.1 Å². The van der Waals surface area contributed by atoms with E-state index >= 15 is 0 Å². The van der Waals surface area contributed by atoms with E-state index < -0.39 is 0 Å². The first kappa shape index (κ1) is 19.0. The molecule has 2 aromatic carbocycles. The van der Waals surface area contributed by atoms with Crippen LogP contribution in [0.1, 0.15) is 10.5 Å². The number of thioether (sulfide) groups is 1. The van der Waals surface area contributed by atoms with Crippen LogP contribution in [0.5, 0.6) is 0 Å². The number of para-hydroxylation sites is 1. The number of carbonyl (C=O) groups is 2. The highest BCUT2D eigenvalue weighted by Gasteiger charge is 2.15. The maximum atomic E-state index is 12.6. The third-order valence-corrected chi connectivity index (χ3v) is 4.99. The Kier molecular flexibility index (Phi) is 5.83. The van der Waals surface area contributed by atoms with Gasteiger partial charge in [0.1, 0.15) is 5.69 Å². The number of nitrogens with zero attached hydrogens (tertiary/aromatic N) is 2. The lowest BCUT2D eigenvalue weighted by Crippen LogP contribution is -2.17. The minimum Gasteiger partial charge on any atom is -0.339 e. The molecule has 1 aromatic heterocycles. The number of rotatable bonds is 4. The maximum absolute atomic E-state index is 12.6. The van der Waals surface area contributed by atoms with E-state index in [1.54, 1.807) is 50.5 Å². The second-order valence-electron chi connectivity index (χ2n) is 5.89.